The molecule has 2 atom stereocenters. The summed E-state index contributed by atoms with van der Waals surface area (Å²) in [4.78, 5) is 13.8. The molecule has 2 rings (SSSR count). The van der Waals surface area contributed by atoms with Gasteiger partial charge in [0.15, 0.2) is 0 Å². The fourth-order valence-corrected chi connectivity index (χ4v) is 2.40. The van der Waals surface area contributed by atoms with E-state index < -0.39 is 0 Å². The molecular formula is C14H19NO2. The number of likely N-dealkylation sites (tertiary alicyclic amines) is 1. The molecule has 3 nitrogen and oxygen atoms in total. The van der Waals surface area contributed by atoms with Gasteiger partial charge in [-0.05, 0) is 17.9 Å². The number of hydrogen-bond donors (Lipinski definition) is 1. The number of rotatable bonds is 3. The molecule has 1 amide bonds. The fourth-order valence-electron chi connectivity index (χ4n) is 2.40. The lowest BCUT2D eigenvalue weighted by atomic mass is 9.96. The highest BCUT2D eigenvalue weighted by atomic mass is 16.3. The minimum Gasteiger partial charge on any atom is -0.394 e. The number of nitrogens with zero attached hydrogens (tertiary/aromatic N) is 1. The van der Waals surface area contributed by atoms with Gasteiger partial charge in [-0.15, -0.1) is 0 Å². The van der Waals surface area contributed by atoms with Gasteiger partial charge in [0.2, 0.25) is 5.91 Å². The highest BCUT2D eigenvalue weighted by Gasteiger charge is 2.29. The molecule has 92 valence electrons. The van der Waals surface area contributed by atoms with Crippen molar-refractivity contribution >= 4 is 5.91 Å². The van der Waals surface area contributed by atoms with Crippen LogP contribution in [0.4, 0.5) is 0 Å². The minimum atomic E-state index is -0.188. The van der Waals surface area contributed by atoms with Crippen molar-refractivity contribution in [2.75, 3.05) is 13.2 Å². The number of hydrogen-bond acceptors (Lipinski definition) is 2. The van der Waals surface area contributed by atoms with Crippen LogP contribution in [0.3, 0.4) is 0 Å². The summed E-state index contributed by atoms with van der Waals surface area (Å²) in [6, 6.07) is 9.57. The molecule has 1 unspecified atom stereocenters. The lowest BCUT2D eigenvalue weighted by Crippen LogP contribution is -2.42. The van der Waals surface area contributed by atoms with Gasteiger partial charge in [-0.1, -0.05) is 37.3 Å². The molecule has 0 bridgehead atoms. The summed E-state index contributed by atoms with van der Waals surface area (Å²) in [7, 11) is 0. The maximum Gasteiger partial charge on any atom is 0.223 e. The van der Waals surface area contributed by atoms with E-state index in [0.717, 1.165) is 18.5 Å². The molecular weight excluding hydrogens is 214 g/mol. The molecule has 1 aromatic rings. The molecule has 0 radical (unpaired) electrons. The molecule has 3 heteroatoms. The van der Waals surface area contributed by atoms with Crippen molar-refractivity contribution in [1.29, 1.82) is 0 Å². The Labute approximate surface area is 102 Å². The maximum absolute atomic E-state index is 11.9. The van der Waals surface area contributed by atoms with Gasteiger partial charge >= 0.3 is 0 Å². The fraction of sp³-hybridized carbons (Fsp3) is 0.500. The van der Waals surface area contributed by atoms with Gasteiger partial charge < -0.3 is 10.0 Å². The maximum atomic E-state index is 11.9. The van der Waals surface area contributed by atoms with Gasteiger partial charge in [0.25, 0.3) is 0 Å². The first-order valence-corrected chi connectivity index (χ1v) is 6.17. The zero-order chi connectivity index (χ0) is 12.3. The van der Waals surface area contributed by atoms with Crippen LogP contribution in [-0.4, -0.2) is 29.1 Å². The molecule has 1 fully saturated rings. The molecule has 0 spiro atoms. The molecule has 1 aliphatic heterocycles. The monoisotopic (exact) mass is 233 g/mol. The zero-order valence-corrected chi connectivity index (χ0v) is 10.2. The molecule has 1 aliphatic rings. The average Bonchev–Trinajstić information content (AvgIpc) is 2.36. The van der Waals surface area contributed by atoms with Gasteiger partial charge in [0, 0.05) is 13.0 Å². The molecule has 0 aliphatic carbocycles. The Kier molecular flexibility index (Phi) is 3.79. The zero-order valence-electron chi connectivity index (χ0n) is 10.2. The normalized spacial score (nSPS) is 22.6. The topological polar surface area (TPSA) is 40.5 Å². The first-order chi connectivity index (χ1) is 8.22. The summed E-state index contributed by atoms with van der Waals surface area (Å²) in [6.07, 6.45) is 1.56. The Morgan fingerprint density at radius 2 is 2.12 bits per heavy atom. The first kappa shape index (κ1) is 12.1. The van der Waals surface area contributed by atoms with Crippen molar-refractivity contribution in [2.45, 2.75) is 25.8 Å². The number of carbonyl (C=O) groups is 1. The number of aliphatic hydroxyl groups excluding tert-OH is 1. The first-order valence-electron chi connectivity index (χ1n) is 6.17. The summed E-state index contributed by atoms with van der Waals surface area (Å²) < 4.78 is 0. The molecule has 1 aromatic carbocycles. The second-order valence-electron chi connectivity index (χ2n) is 4.80. The van der Waals surface area contributed by atoms with Crippen molar-refractivity contribution in [3.8, 4) is 0 Å². The third kappa shape index (κ3) is 2.67. The Morgan fingerprint density at radius 1 is 1.41 bits per heavy atom. The number of amides is 1. The van der Waals surface area contributed by atoms with Crippen LogP contribution in [0.25, 0.3) is 0 Å². The van der Waals surface area contributed by atoms with E-state index in [2.05, 4.69) is 6.92 Å². The summed E-state index contributed by atoms with van der Waals surface area (Å²) >= 11 is 0. The van der Waals surface area contributed by atoms with Crippen LogP contribution in [-0.2, 0) is 4.79 Å². The van der Waals surface area contributed by atoms with Crippen molar-refractivity contribution in [1.82, 2.24) is 4.90 Å². The Bertz CT molecular complexity index is 377. The molecule has 1 N–H and O–H groups in total. The predicted octanol–water partition coefficient (Wildman–Crippen LogP) is 1.98. The van der Waals surface area contributed by atoms with E-state index in [0.29, 0.717) is 12.3 Å². The Hall–Kier alpha value is -1.35. The van der Waals surface area contributed by atoms with Crippen LogP contribution < -0.4 is 0 Å². The third-order valence-electron chi connectivity index (χ3n) is 3.41. The summed E-state index contributed by atoms with van der Waals surface area (Å²) in [6.45, 7) is 2.89. The highest BCUT2D eigenvalue weighted by molar-refractivity contribution is 5.77. The summed E-state index contributed by atoms with van der Waals surface area (Å²) in [5.41, 5.74) is 1.01. The van der Waals surface area contributed by atoms with E-state index in [9.17, 15) is 9.90 Å². The predicted molar refractivity (Wildman–Crippen MR) is 66.4 cm³/mol. The van der Waals surface area contributed by atoms with Gasteiger partial charge in [0.1, 0.15) is 0 Å². The second kappa shape index (κ2) is 5.32. The molecule has 0 aromatic heterocycles. The van der Waals surface area contributed by atoms with Crippen LogP contribution >= 0.6 is 0 Å². The average molecular weight is 233 g/mol. The van der Waals surface area contributed by atoms with Crippen LogP contribution in [0.1, 0.15) is 31.4 Å². The van der Waals surface area contributed by atoms with Crippen LogP contribution in [0.15, 0.2) is 30.3 Å². The van der Waals surface area contributed by atoms with Crippen molar-refractivity contribution in [3.63, 3.8) is 0 Å². The van der Waals surface area contributed by atoms with Crippen molar-refractivity contribution in [3.05, 3.63) is 35.9 Å². The minimum absolute atomic E-state index is 0.0114. The van der Waals surface area contributed by atoms with Gasteiger partial charge in [-0.3, -0.25) is 4.79 Å². The van der Waals surface area contributed by atoms with E-state index in [1.54, 1.807) is 0 Å². The highest BCUT2D eigenvalue weighted by Crippen LogP contribution is 2.27. The SMILES string of the molecule is C[C@H]1CCC(=O)N(C(CO)c2ccccc2)C1. The second-order valence-corrected chi connectivity index (χ2v) is 4.80. The van der Waals surface area contributed by atoms with E-state index in [1.807, 2.05) is 35.2 Å². The third-order valence-corrected chi connectivity index (χ3v) is 3.41. The Balaban J connectivity index is 2.20. The molecule has 1 heterocycles. The summed E-state index contributed by atoms with van der Waals surface area (Å²) in [5.74, 6) is 0.677. The smallest absolute Gasteiger partial charge is 0.223 e. The van der Waals surface area contributed by atoms with Crippen molar-refractivity contribution < 1.29 is 9.90 Å². The standard InChI is InChI=1S/C14H19NO2/c1-11-7-8-14(17)15(9-11)13(10-16)12-5-3-2-4-6-12/h2-6,11,13,16H,7-10H2,1H3/t11-,13?/m0/s1. The Morgan fingerprint density at radius 3 is 2.76 bits per heavy atom. The number of piperidine rings is 1. The van der Waals surface area contributed by atoms with Crippen LogP contribution in [0, 0.1) is 5.92 Å². The number of aliphatic hydroxyl groups is 1. The molecule has 1 saturated heterocycles. The molecule has 17 heavy (non-hydrogen) atoms. The quantitative estimate of drug-likeness (QED) is 0.867. The van der Waals surface area contributed by atoms with Crippen molar-refractivity contribution in [2.24, 2.45) is 5.92 Å². The van der Waals surface area contributed by atoms with Gasteiger partial charge in [-0.2, -0.15) is 0 Å². The lowest BCUT2D eigenvalue weighted by Gasteiger charge is -2.36. The van der Waals surface area contributed by atoms with Crippen LogP contribution in [0.2, 0.25) is 0 Å². The van der Waals surface area contributed by atoms with Gasteiger partial charge in [0.05, 0.1) is 12.6 Å². The number of carbonyl (C=O) groups excluding carboxylic acids is 1. The van der Waals surface area contributed by atoms with E-state index in [-0.39, 0.29) is 18.6 Å². The van der Waals surface area contributed by atoms with E-state index in [4.69, 9.17) is 0 Å². The largest absolute Gasteiger partial charge is 0.394 e. The summed E-state index contributed by atoms with van der Waals surface area (Å²) in [5, 5.41) is 9.54. The van der Waals surface area contributed by atoms with E-state index in [1.165, 1.54) is 0 Å². The van der Waals surface area contributed by atoms with Gasteiger partial charge in [-0.25, -0.2) is 0 Å². The number of benzene rings is 1. The molecule has 0 saturated carbocycles. The lowest BCUT2D eigenvalue weighted by molar-refractivity contribution is -0.138. The van der Waals surface area contributed by atoms with Crippen LogP contribution in [0.5, 0.6) is 0 Å². The van der Waals surface area contributed by atoms with E-state index >= 15 is 0 Å².